The van der Waals surface area contributed by atoms with Crippen LogP contribution < -0.4 is 5.32 Å². The summed E-state index contributed by atoms with van der Waals surface area (Å²) in [6.45, 7) is 1.78. The molecule has 64 valence electrons. The SMILES string of the molecule is N#CCCCNCc1cncs1. The molecular formula is C8H11N3S. The Morgan fingerprint density at radius 3 is 3.25 bits per heavy atom. The van der Waals surface area contributed by atoms with Gasteiger partial charge in [0.15, 0.2) is 0 Å². The summed E-state index contributed by atoms with van der Waals surface area (Å²) in [6, 6.07) is 2.11. The van der Waals surface area contributed by atoms with Crippen LogP contribution in [0.4, 0.5) is 0 Å². The van der Waals surface area contributed by atoms with Crippen molar-refractivity contribution >= 4 is 11.3 Å². The second kappa shape index (κ2) is 5.70. The normalized spacial score (nSPS) is 9.58. The summed E-state index contributed by atoms with van der Waals surface area (Å²) in [5.74, 6) is 0. The van der Waals surface area contributed by atoms with Crippen LogP contribution in [0, 0.1) is 11.3 Å². The summed E-state index contributed by atoms with van der Waals surface area (Å²) >= 11 is 1.65. The smallest absolute Gasteiger partial charge is 0.0794 e. The lowest BCUT2D eigenvalue weighted by molar-refractivity contribution is 0.662. The maximum atomic E-state index is 8.26. The minimum absolute atomic E-state index is 0.635. The van der Waals surface area contributed by atoms with E-state index >= 15 is 0 Å². The predicted octanol–water partition coefficient (Wildman–Crippen LogP) is 1.54. The van der Waals surface area contributed by atoms with Gasteiger partial charge in [0, 0.05) is 24.0 Å². The number of aromatic nitrogens is 1. The highest BCUT2D eigenvalue weighted by Gasteiger charge is 1.92. The van der Waals surface area contributed by atoms with Crippen molar-refractivity contribution in [1.82, 2.24) is 10.3 Å². The highest BCUT2D eigenvalue weighted by atomic mass is 32.1. The average molecular weight is 181 g/mol. The molecule has 0 aromatic carbocycles. The molecule has 1 N–H and O–H groups in total. The van der Waals surface area contributed by atoms with Gasteiger partial charge < -0.3 is 5.32 Å². The standard InChI is InChI=1S/C8H11N3S/c9-3-1-2-4-10-5-8-6-11-7-12-8/h6-7,10H,1-2,4-5H2. The summed E-state index contributed by atoms with van der Waals surface area (Å²) in [5.41, 5.74) is 1.83. The Morgan fingerprint density at radius 2 is 2.58 bits per heavy atom. The molecule has 0 spiro atoms. The molecule has 0 aliphatic heterocycles. The van der Waals surface area contributed by atoms with Gasteiger partial charge in [0.05, 0.1) is 11.6 Å². The third kappa shape index (κ3) is 3.46. The molecule has 1 heterocycles. The van der Waals surface area contributed by atoms with Crippen LogP contribution in [-0.2, 0) is 6.54 Å². The molecule has 0 fully saturated rings. The van der Waals surface area contributed by atoms with Gasteiger partial charge in [-0.3, -0.25) is 4.98 Å². The van der Waals surface area contributed by atoms with Gasteiger partial charge in [0.1, 0.15) is 0 Å². The molecule has 3 nitrogen and oxygen atoms in total. The van der Waals surface area contributed by atoms with E-state index in [2.05, 4.69) is 16.4 Å². The van der Waals surface area contributed by atoms with Crippen molar-refractivity contribution in [2.75, 3.05) is 6.54 Å². The predicted molar refractivity (Wildman–Crippen MR) is 48.7 cm³/mol. The molecule has 12 heavy (non-hydrogen) atoms. The number of thiazole rings is 1. The van der Waals surface area contributed by atoms with E-state index in [1.54, 1.807) is 11.3 Å². The summed E-state index contributed by atoms with van der Waals surface area (Å²) in [5, 5.41) is 11.5. The van der Waals surface area contributed by atoms with Crippen LogP contribution in [-0.4, -0.2) is 11.5 Å². The largest absolute Gasteiger partial charge is 0.312 e. The molecule has 1 aromatic rings. The van der Waals surface area contributed by atoms with Crippen LogP contribution in [0.1, 0.15) is 17.7 Å². The zero-order valence-electron chi connectivity index (χ0n) is 6.79. The molecule has 0 saturated carbocycles. The van der Waals surface area contributed by atoms with Gasteiger partial charge in [0.2, 0.25) is 0 Å². The first-order valence-electron chi connectivity index (χ1n) is 3.88. The van der Waals surface area contributed by atoms with E-state index in [0.717, 1.165) is 19.5 Å². The fourth-order valence-corrected chi connectivity index (χ4v) is 1.40. The van der Waals surface area contributed by atoms with E-state index in [4.69, 9.17) is 5.26 Å². The van der Waals surface area contributed by atoms with E-state index < -0.39 is 0 Å². The summed E-state index contributed by atoms with van der Waals surface area (Å²) in [7, 11) is 0. The van der Waals surface area contributed by atoms with Crippen LogP contribution in [0.2, 0.25) is 0 Å². The zero-order chi connectivity index (χ0) is 8.65. The molecule has 0 saturated heterocycles. The van der Waals surface area contributed by atoms with Gasteiger partial charge >= 0.3 is 0 Å². The molecule has 0 aliphatic carbocycles. The summed E-state index contributed by atoms with van der Waals surface area (Å²) < 4.78 is 0. The van der Waals surface area contributed by atoms with Gasteiger partial charge in [-0.1, -0.05) is 0 Å². The highest BCUT2D eigenvalue weighted by Crippen LogP contribution is 2.03. The number of hydrogen-bond donors (Lipinski definition) is 1. The average Bonchev–Trinajstić information content (AvgIpc) is 2.57. The molecule has 0 bridgehead atoms. The van der Waals surface area contributed by atoms with Crippen molar-refractivity contribution in [3.8, 4) is 6.07 Å². The Bertz CT molecular complexity index is 237. The Labute approximate surface area is 76.1 Å². The molecule has 0 radical (unpaired) electrons. The third-order valence-electron chi connectivity index (χ3n) is 1.42. The van der Waals surface area contributed by atoms with Gasteiger partial charge in [0.25, 0.3) is 0 Å². The molecule has 0 unspecified atom stereocenters. The van der Waals surface area contributed by atoms with Crippen LogP contribution in [0.25, 0.3) is 0 Å². The molecule has 1 rings (SSSR count). The first-order valence-corrected chi connectivity index (χ1v) is 4.76. The second-order valence-electron chi connectivity index (χ2n) is 2.41. The molecular weight excluding hydrogens is 170 g/mol. The van der Waals surface area contributed by atoms with Crippen LogP contribution >= 0.6 is 11.3 Å². The maximum Gasteiger partial charge on any atom is 0.0794 e. The van der Waals surface area contributed by atoms with Crippen molar-refractivity contribution in [1.29, 1.82) is 5.26 Å². The minimum atomic E-state index is 0.635. The Morgan fingerprint density at radius 1 is 1.67 bits per heavy atom. The Kier molecular flexibility index (Phi) is 4.35. The van der Waals surface area contributed by atoms with Crippen LogP contribution in [0.3, 0.4) is 0 Å². The fourth-order valence-electron chi connectivity index (χ4n) is 0.833. The van der Waals surface area contributed by atoms with Gasteiger partial charge in [-0.2, -0.15) is 5.26 Å². The number of nitrogens with one attached hydrogen (secondary N) is 1. The van der Waals surface area contributed by atoms with Gasteiger partial charge in [-0.05, 0) is 13.0 Å². The van der Waals surface area contributed by atoms with Crippen LogP contribution in [0.15, 0.2) is 11.7 Å². The zero-order valence-corrected chi connectivity index (χ0v) is 7.60. The number of nitriles is 1. The van der Waals surface area contributed by atoms with Crippen molar-refractivity contribution in [2.45, 2.75) is 19.4 Å². The number of nitrogens with zero attached hydrogens (tertiary/aromatic N) is 2. The lowest BCUT2D eigenvalue weighted by atomic mass is 10.3. The quantitative estimate of drug-likeness (QED) is 0.701. The summed E-state index contributed by atoms with van der Waals surface area (Å²) in [6.07, 6.45) is 3.42. The molecule has 0 atom stereocenters. The number of unbranched alkanes of at least 4 members (excludes halogenated alkanes) is 1. The van der Waals surface area contributed by atoms with Crippen molar-refractivity contribution in [3.05, 3.63) is 16.6 Å². The first-order chi connectivity index (χ1) is 5.93. The third-order valence-corrected chi connectivity index (χ3v) is 2.20. The highest BCUT2D eigenvalue weighted by molar-refractivity contribution is 7.09. The van der Waals surface area contributed by atoms with E-state index in [1.165, 1.54) is 4.88 Å². The van der Waals surface area contributed by atoms with Crippen molar-refractivity contribution in [3.63, 3.8) is 0 Å². The first kappa shape index (κ1) is 9.17. The molecule has 4 heteroatoms. The number of rotatable bonds is 5. The Hall–Kier alpha value is -0.920. The topological polar surface area (TPSA) is 48.7 Å². The lowest BCUT2D eigenvalue weighted by Gasteiger charge is -1.98. The van der Waals surface area contributed by atoms with Gasteiger partial charge in [-0.25, -0.2) is 0 Å². The fraction of sp³-hybridized carbons (Fsp3) is 0.500. The Balaban J connectivity index is 2.01. The van der Waals surface area contributed by atoms with Gasteiger partial charge in [-0.15, -0.1) is 11.3 Å². The second-order valence-corrected chi connectivity index (χ2v) is 3.38. The van der Waals surface area contributed by atoms with Crippen LogP contribution in [0.5, 0.6) is 0 Å². The summed E-state index contributed by atoms with van der Waals surface area (Å²) in [4.78, 5) is 5.21. The van der Waals surface area contributed by atoms with E-state index in [1.807, 2.05) is 11.7 Å². The van der Waals surface area contributed by atoms with E-state index in [9.17, 15) is 0 Å². The number of hydrogen-bond acceptors (Lipinski definition) is 4. The van der Waals surface area contributed by atoms with E-state index in [0.29, 0.717) is 6.42 Å². The van der Waals surface area contributed by atoms with Crippen molar-refractivity contribution in [2.24, 2.45) is 0 Å². The van der Waals surface area contributed by atoms with Crippen molar-refractivity contribution < 1.29 is 0 Å². The molecule has 0 amide bonds. The molecule has 0 aliphatic rings. The monoisotopic (exact) mass is 181 g/mol. The molecule has 1 aromatic heterocycles. The van der Waals surface area contributed by atoms with E-state index in [-0.39, 0.29) is 0 Å². The maximum absolute atomic E-state index is 8.26. The lowest BCUT2D eigenvalue weighted by Crippen LogP contribution is -2.13. The minimum Gasteiger partial charge on any atom is -0.312 e.